The molecule has 0 fully saturated rings. The molecule has 0 saturated carbocycles. The number of esters is 1. The minimum Gasteiger partial charge on any atom is -0.468 e. The Labute approximate surface area is 105 Å². The van der Waals surface area contributed by atoms with E-state index in [1.54, 1.807) is 0 Å². The summed E-state index contributed by atoms with van der Waals surface area (Å²) in [5.41, 5.74) is 8.45. The standard InChI is InChI=1S/C13H16N2O3/c1-17-13(16)10(14)4-2-3-9-5-6-11-12(7-9)18-8-15-11/h5-8,10H,2-4,14H2,1H3. The predicted octanol–water partition coefficient (Wildman–Crippen LogP) is 1.65. The number of rotatable bonds is 5. The van der Waals surface area contributed by atoms with Gasteiger partial charge < -0.3 is 14.9 Å². The van der Waals surface area contributed by atoms with Crippen molar-refractivity contribution in [3.05, 3.63) is 30.2 Å². The van der Waals surface area contributed by atoms with E-state index in [2.05, 4.69) is 9.72 Å². The molecule has 0 aliphatic carbocycles. The highest BCUT2D eigenvalue weighted by Gasteiger charge is 2.12. The zero-order valence-electron chi connectivity index (χ0n) is 10.3. The Kier molecular flexibility index (Phi) is 3.94. The van der Waals surface area contributed by atoms with Crippen LogP contribution in [0.4, 0.5) is 0 Å². The normalized spacial score (nSPS) is 12.6. The molecule has 2 aromatic rings. The highest BCUT2D eigenvalue weighted by molar-refractivity contribution is 5.75. The van der Waals surface area contributed by atoms with Crippen molar-refractivity contribution in [3.63, 3.8) is 0 Å². The van der Waals surface area contributed by atoms with Crippen LogP contribution in [-0.2, 0) is 16.0 Å². The molecule has 1 atom stereocenters. The van der Waals surface area contributed by atoms with E-state index in [0.717, 1.165) is 29.5 Å². The third kappa shape index (κ3) is 2.87. The lowest BCUT2D eigenvalue weighted by molar-refractivity contribution is -0.142. The average molecular weight is 248 g/mol. The molecule has 18 heavy (non-hydrogen) atoms. The first-order chi connectivity index (χ1) is 8.70. The van der Waals surface area contributed by atoms with Crippen molar-refractivity contribution >= 4 is 17.1 Å². The van der Waals surface area contributed by atoms with E-state index in [0.29, 0.717) is 6.42 Å². The van der Waals surface area contributed by atoms with Gasteiger partial charge in [-0.1, -0.05) is 6.07 Å². The van der Waals surface area contributed by atoms with E-state index in [9.17, 15) is 4.79 Å². The van der Waals surface area contributed by atoms with E-state index in [-0.39, 0.29) is 5.97 Å². The summed E-state index contributed by atoms with van der Waals surface area (Å²) in [7, 11) is 1.35. The number of carbonyl (C=O) groups is 1. The summed E-state index contributed by atoms with van der Waals surface area (Å²) in [5.74, 6) is -0.360. The number of oxazole rings is 1. The number of nitrogens with zero attached hydrogens (tertiary/aromatic N) is 1. The summed E-state index contributed by atoms with van der Waals surface area (Å²) in [6.45, 7) is 0. The quantitative estimate of drug-likeness (QED) is 0.814. The second kappa shape index (κ2) is 5.64. The number of benzene rings is 1. The third-order valence-electron chi connectivity index (χ3n) is 2.88. The van der Waals surface area contributed by atoms with Gasteiger partial charge in [-0.05, 0) is 37.0 Å². The topological polar surface area (TPSA) is 78.4 Å². The monoisotopic (exact) mass is 248 g/mol. The zero-order chi connectivity index (χ0) is 13.0. The smallest absolute Gasteiger partial charge is 0.322 e. The lowest BCUT2D eigenvalue weighted by Crippen LogP contribution is -2.31. The molecule has 0 spiro atoms. The molecule has 0 radical (unpaired) electrons. The number of carbonyl (C=O) groups excluding carboxylic acids is 1. The maximum Gasteiger partial charge on any atom is 0.322 e. The Bertz CT molecular complexity index is 536. The molecule has 0 bridgehead atoms. The summed E-state index contributed by atoms with van der Waals surface area (Å²) in [5, 5.41) is 0. The largest absolute Gasteiger partial charge is 0.468 e. The number of hydrogen-bond acceptors (Lipinski definition) is 5. The lowest BCUT2D eigenvalue weighted by Gasteiger charge is -2.08. The van der Waals surface area contributed by atoms with Crippen LogP contribution >= 0.6 is 0 Å². The number of aromatic nitrogens is 1. The molecule has 5 nitrogen and oxygen atoms in total. The van der Waals surface area contributed by atoms with Gasteiger partial charge in [0.25, 0.3) is 0 Å². The predicted molar refractivity (Wildman–Crippen MR) is 66.9 cm³/mol. The number of methoxy groups -OCH3 is 1. The lowest BCUT2D eigenvalue weighted by atomic mass is 10.0. The Hall–Kier alpha value is -1.88. The fourth-order valence-corrected chi connectivity index (χ4v) is 1.85. The average Bonchev–Trinajstić information content (AvgIpc) is 2.85. The maximum absolute atomic E-state index is 11.1. The summed E-state index contributed by atoms with van der Waals surface area (Å²) in [4.78, 5) is 15.2. The highest BCUT2D eigenvalue weighted by Crippen LogP contribution is 2.16. The molecule has 0 aliphatic heterocycles. The Morgan fingerprint density at radius 2 is 2.39 bits per heavy atom. The molecule has 2 rings (SSSR count). The second-order valence-corrected chi connectivity index (χ2v) is 4.18. The fourth-order valence-electron chi connectivity index (χ4n) is 1.85. The number of hydrogen-bond donors (Lipinski definition) is 1. The molecule has 1 heterocycles. The minimum absolute atomic E-state index is 0.360. The van der Waals surface area contributed by atoms with Crippen molar-refractivity contribution in [2.75, 3.05) is 7.11 Å². The number of nitrogens with two attached hydrogens (primary N) is 1. The maximum atomic E-state index is 11.1. The SMILES string of the molecule is COC(=O)C(N)CCCc1ccc2ncoc2c1. The van der Waals surface area contributed by atoms with Crippen LogP contribution in [0.25, 0.3) is 11.1 Å². The van der Waals surface area contributed by atoms with Crippen molar-refractivity contribution in [3.8, 4) is 0 Å². The number of fused-ring (bicyclic) bond motifs is 1. The van der Waals surface area contributed by atoms with Gasteiger partial charge in [-0.3, -0.25) is 4.79 Å². The first-order valence-electron chi connectivity index (χ1n) is 5.86. The molecule has 1 aromatic heterocycles. The van der Waals surface area contributed by atoms with Gasteiger partial charge >= 0.3 is 5.97 Å². The first kappa shape index (κ1) is 12.6. The molecular formula is C13H16N2O3. The zero-order valence-corrected chi connectivity index (χ0v) is 10.3. The van der Waals surface area contributed by atoms with Gasteiger partial charge in [0.2, 0.25) is 0 Å². The van der Waals surface area contributed by atoms with Crippen LogP contribution < -0.4 is 5.73 Å². The molecule has 0 amide bonds. The van der Waals surface area contributed by atoms with Gasteiger partial charge in [-0.25, -0.2) is 4.98 Å². The van der Waals surface area contributed by atoms with E-state index in [1.807, 2.05) is 18.2 Å². The number of ether oxygens (including phenoxy) is 1. The van der Waals surface area contributed by atoms with Gasteiger partial charge in [0.1, 0.15) is 11.6 Å². The molecule has 0 aliphatic rings. The van der Waals surface area contributed by atoms with Crippen molar-refractivity contribution in [1.29, 1.82) is 0 Å². The molecular weight excluding hydrogens is 232 g/mol. The van der Waals surface area contributed by atoms with Gasteiger partial charge in [0.15, 0.2) is 12.0 Å². The van der Waals surface area contributed by atoms with Crippen LogP contribution in [0, 0.1) is 0 Å². The third-order valence-corrected chi connectivity index (χ3v) is 2.88. The van der Waals surface area contributed by atoms with Gasteiger partial charge in [-0.2, -0.15) is 0 Å². The van der Waals surface area contributed by atoms with Gasteiger partial charge in [-0.15, -0.1) is 0 Å². The van der Waals surface area contributed by atoms with E-state index >= 15 is 0 Å². The molecule has 5 heteroatoms. The molecule has 0 saturated heterocycles. The summed E-state index contributed by atoms with van der Waals surface area (Å²) >= 11 is 0. The van der Waals surface area contributed by atoms with Crippen molar-refractivity contribution in [1.82, 2.24) is 4.98 Å². The van der Waals surface area contributed by atoms with Crippen molar-refractivity contribution in [2.45, 2.75) is 25.3 Å². The van der Waals surface area contributed by atoms with E-state index < -0.39 is 6.04 Å². The van der Waals surface area contributed by atoms with Crippen molar-refractivity contribution < 1.29 is 13.9 Å². The second-order valence-electron chi connectivity index (χ2n) is 4.18. The summed E-state index contributed by atoms with van der Waals surface area (Å²) < 4.78 is 9.81. The molecule has 1 aromatic carbocycles. The summed E-state index contributed by atoms with van der Waals surface area (Å²) in [6.07, 6.45) is 3.72. The van der Waals surface area contributed by atoms with Crippen LogP contribution in [0.3, 0.4) is 0 Å². The van der Waals surface area contributed by atoms with Gasteiger partial charge in [0, 0.05) is 0 Å². The molecule has 2 N–H and O–H groups in total. The van der Waals surface area contributed by atoms with Gasteiger partial charge in [0.05, 0.1) is 7.11 Å². The van der Waals surface area contributed by atoms with Crippen LogP contribution in [0.2, 0.25) is 0 Å². The van der Waals surface area contributed by atoms with Crippen LogP contribution in [-0.4, -0.2) is 24.1 Å². The Balaban J connectivity index is 1.88. The van der Waals surface area contributed by atoms with E-state index in [4.69, 9.17) is 10.2 Å². The van der Waals surface area contributed by atoms with E-state index in [1.165, 1.54) is 13.5 Å². The highest BCUT2D eigenvalue weighted by atomic mass is 16.5. The number of aryl methyl sites for hydroxylation is 1. The van der Waals surface area contributed by atoms with Crippen LogP contribution in [0.15, 0.2) is 29.0 Å². The fraction of sp³-hybridized carbons (Fsp3) is 0.385. The Morgan fingerprint density at radius 1 is 1.56 bits per heavy atom. The minimum atomic E-state index is -0.538. The Morgan fingerprint density at radius 3 is 3.17 bits per heavy atom. The molecule has 1 unspecified atom stereocenters. The first-order valence-corrected chi connectivity index (χ1v) is 5.86. The molecule has 96 valence electrons. The van der Waals surface area contributed by atoms with Crippen LogP contribution in [0.5, 0.6) is 0 Å². The van der Waals surface area contributed by atoms with Crippen molar-refractivity contribution in [2.24, 2.45) is 5.73 Å². The summed E-state index contributed by atoms with van der Waals surface area (Å²) in [6, 6.07) is 5.36. The van der Waals surface area contributed by atoms with Crippen LogP contribution in [0.1, 0.15) is 18.4 Å².